The molecule has 1 N–H and O–H groups in total. The Morgan fingerprint density at radius 2 is 2.00 bits per heavy atom. The third-order valence-electron chi connectivity index (χ3n) is 3.74. The highest BCUT2D eigenvalue weighted by Gasteiger charge is 2.15. The molecule has 1 unspecified atom stereocenters. The second kappa shape index (κ2) is 9.90. The summed E-state index contributed by atoms with van der Waals surface area (Å²) in [5, 5.41) is 8.61. The molecule has 0 fully saturated rings. The third-order valence-corrected chi connectivity index (χ3v) is 3.74. The van der Waals surface area contributed by atoms with E-state index in [9.17, 15) is 9.59 Å². The lowest BCUT2D eigenvalue weighted by Crippen LogP contribution is -2.25. The summed E-state index contributed by atoms with van der Waals surface area (Å²) < 4.78 is 0. The van der Waals surface area contributed by atoms with E-state index in [0.29, 0.717) is 12.8 Å². The van der Waals surface area contributed by atoms with Crippen LogP contribution in [0.3, 0.4) is 0 Å². The quantitative estimate of drug-likeness (QED) is 0.387. The van der Waals surface area contributed by atoms with Crippen LogP contribution in [-0.4, -0.2) is 35.9 Å². The highest BCUT2D eigenvalue weighted by molar-refractivity contribution is 5.66. The molecule has 22 heavy (non-hydrogen) atoms. The first-order valence-corrected chi connectivity index (χ1v) is 7.64. The number of rotatable bonds is 11. The number of aldehydes is 1. The van der Waals surface area contributed by atoms with Gasteiger partial charge in [-0.1, -0.05) is 30.3 Å². The number of carbonyl (C=O) groups excluding carboxylic acids is 1. The Morgan fingerprint density at radius 1 is 1.32 bits per heavy atom. The van der Waals surface area contributed by atoms with Crippen LogP contribution < -0.4 is 0 Å². The molecule has 0 bridgehead atoms. The van der Waals surface area contributed by atoms with Crippen molar-refractivity contribution in [2.24, 2.45) is 0 Å². The van der Waals surface area contributed by atoms with Gasteiger partial charge in [0.2, 0.25) is 0 Å². The van der Waals surface area contributed by atoms with Gasteiger partial charge in [0.15, 0.2) is 0 Å². The Balaban J connectivity index is 2.62. The Kier molecular flexibility index (Phi) is 8.15. The number of carbonyl (C=O) groups is 2. The fourth-order valence-corrected chi connectivity index (χ4v) is 2.50. The minimum absolute atomic E-state index is 0.0663. The van der Waals surface area contributed by atoms with E-state index in [1.165, 1.54) is 5.56 Å². The standard InChI is InChI=1S/C18H25NO3/c1-3-13-19(2)17(12-14-20)16-10-8-15(9-11-16)6-4-5-7-18(21)22/h3,8-11,14,17H,1,4-7,12-13H2,2H3,(H,21,22). The summed E-state index contributed by atoms with van der Waals surface area (Å²) in [6.45, 7) is 4.46. The molecular formula is C18H25NO3. The van der Waals surface area contributed by atoms with Crippen molar-refractivity contribution in [3.63, 3.8) is 0 Å². The summed E-state index contributed by atoms with van der Waals surface area (Å²) in [5.74, 6) is -0.739. The van der Waals surface area contributed by atoms with Gasteiger partial charge < -0.3 is 9.90 Å². The zero-order chi connectivity index (χ0) is 16.4. The van der Waals surface area contributed by atoms with E-state index < -0.39 is 5.97 Å². The minimum Gasteiger partial charge on any atom is -0.481 e. The zero-order valence-corrected chi connectivity index (χ0v) is 13.2. The molecule has 4 nitrogen and oxygen atoms in total. The van der Waals surface area contributed by atoms with E-state index in [1.807, 2.05) is 13.1 Å². The van der Waals surface area contributed by atoms with E-state index >= 15 is 0 Å². The van der Waals surface area contributed by atoms with E-state index in [-0.39, 0.29) is 12.5 Å². The highest BCUT2D eigenvalue weighted by Crippen LogP contribution is 2.23. The molecule has 0 aliphatic carbocycles. The van der Waals surface area contributed by atoms with Crippen LogP contribution >= 0.6 is 0 Å². The van der Waals surface area contributed by atoms with E-state index in [0.717, 1.165) is 31.2 Å². The summed E-state index contributed by atoms with van der Waals surface area (Å²) >= 11 is 0. The van der Waals surface area contributed by atoms with Crippen LogP contribution in [-0.2, 0) is 16.0 Å². The number of nitrogens with zero attached hydrogens (tertiary/aromatic N) is 1. The molecular weight excluding hydrogens is 278 g/mol. The van der Waals surface area contributed by atoms with Gasteiger partial charge in [-0.15, -0.1) is 6.58 Å². The topological polar surface area (TPSA) is 57.6 Å². The number of aryl methyl sites for hydroxylation is 1. The van der Waals surface area contributed by atoms with Crippen LogP contribution in [0.15, 0.2) is 36.9 Å². The molecule has 0 saturated heterocycles. The van der Waals surface area contributed by atoms with Gasteiger partial charge in [0.1, 0.15) is 6.29 Å². The molecule has 0 amide bonds. The summed E-state index contributed by atoms with van der Waals surface area (Å²) in [6.07, 6.45) is 5.92. The normalized spacial score (nSPS) is 12.1. The average Bonchev–Trinajstić information content (AvgIpc) is 2.50. The average molecular weight is 303 g/mol. The van der Waals surface area contributed by atoms with Gasteiger partial charge in [-0.25, -0.2) is 0 Å². The van der Waals surface area contributed by atoms with Crippen molar-refractivity contribution in [2.45, 2.75) is 38.1 Å². The zero-order valence-electron chi connectivity index (χ0n) is 13.2. The number of hydrogen-bond donors (Lipinski definition) is 1. The molecule has 0 aromatic heterocycles. The fourth-order valence-electron chi connectivity index (χ4n) is 2.50. The molecule has 0 saturated carbocycles. The largest absolute Gasteiger partial charge is 0.481 e. The third kappa shape index (κ3) is 6.22. The summed E-state index contributed by atoms with van der Waals surface area (Å²) in [4.78, 5) is 23.5. The maximum atomic E-state index is 10.9. The van der Waals surface area contributed by atoms with E-state index in [1.54, 1.807) is 0 Å². The van der Waals surface area contributed by atoms with Gasteiger partial charge in [-0.05, 0) is 37.4 Å². The lowest BCUT2D eigenvalue weighted by atomic mass is 9.99. The van der Waals surface area contributed by atoms with Crippen molar-refractivity contribution in [3.05, 3.63) is 48.0 Å². The van der Waals surface area contributed by atoms with E-state index in [4.69, 9.17) is 5.11 Å². The summed E-state index contributed by atoms with van der Waals surface area (Å²) in [5.41, 5.74) is 2.32. The number of benzene rings is 1. The fraction of sp³-hybridized carbons (Fsp3) is 0.444. The second-order valence-corrected chi connectivity index (χ2v) is 5.49. The summed E-state index contributed by atoms with van der Waals surface area (Å²) in [7, 11) is 1.98. The molecule has 0 spiro atoms. The second-order valence-electron chi connectivity index (χ2n) is 5.49. The van der Waals surface area contributed by atoms with Gasteiger partial charge in [0, 0.05) is 25.4 Å². The van der Waals surface area contributed by atoms with Gasteiger partial charge in [-0.2, -0.15) is 0 Å². The van der Waals surface area contributed by atoms with Crippen molar-refractivity contribution in [1.29, 1.82) is 0 Å². The Hall–Kier alpha value is -1.94. The van der Waals surface area contributed by atoms with E-state index in [2.05, 4.69) is 35.7 Å². The molecule has 1 aromatic carbocycles. The minimum atomic E-state index is -0.739. The molecule has 0 aliphatic heterocycles. The lowest BCUT2D eigenvalue weighted by Gasteiger charge is -2.26. The van der Waals surface area contributed by atoms with Gasteiger partial charge in [-0.3, -0.25) is 9.69 Å². The number of carboxylic acid groups (broad SMARTS) is 1. The first-order chi connectivity index (χ1) is 10.6. The summed E-state index contributed by atoms with van der Waals surface area (Å²) in [6, 6.07) is 8.31. The molecule has 0 aliphatic rings. The maximum Gasteiger partial charge on any atom is 0.303 e. The Bertz CT molecular complexity index is 482. The van der Waals surface area contributed by atoms with Crippen molar-refractivity contribution in [2.75, 3.05) is 13.6 Å². The lowest BCUT2D eigenvalue weighted by molar-refractivity contribution is -0.137. The molecule has 4 heteroatoms. The predicted octanol–water partition coefficient (Wildman–Crippen LogP) is 3.23. The van der Waals surface area contributed by atoms with Crippen molar-refractivity contribution < 1.29 is 14.7 Å². The Labute approximate surface area is 132 Å². The SMILES string of the molecule is C=CCN(C)C(CC=O)c1ccc(CCCCC(=O)O)cc1. The molecule has 1 rings (SSSR count). The number of aliphatic carboxylic acids is 1. The van der Waals surface area contributed by atoms with Gasteiger partial charge >= 0.3 is 5.97 Å². The van der Waals surface area contributed by atoms with Gasteiger partial charge in [0.05, 0.1) is 0 Å². The molecule has 0 heterocycles. The highest BCUT2D eigenvalue weighted by atomic mass is 16.4. The van der Waals surface area contributed by atoms with Gasteiger partial charge in [0.25, 0.3) is 0 Å². The van der Waals surface area contributed by atoms with Crippen LogP contribution in [0.2, 0.25) is 0 Å². The first kappa shape index (κ1) is 18.1. The number of likely N-dealkylation sites (N-methyl/N-ethyl adjacent to an activating group) is 1. The monoisotopic (exact) mass is 303 g/mol. The van der Waals surface area contributed by atoms with Crippen LogP contribution in [0.1, 0.15) is 42.9 Å². The first-order valence-electron chi connectivity index (χ1n) is 7.64. The smallest absolute Gasteiger partial charge is 0.303 e. The molecule has 1 aromatic rings. The van der Waals surface area contributed by atoms with Crippen LogP contribution in [0.5, 0.6) is 0 Å². The number of carboxylic acids is 1. The Morgan fingerprint density at radius 3 is 2.55 bits per heavy atom. The molecule has 1 atom stereocenters. The van der Waals surface area contributed by atoms with Crippen molar-refractivity contribution in [1.82, 2.24) is 4.90 Å². The maximum absolute atomic E-state index is 10.9. The van der Waals surface area contributed by atoms with Crippen molar-refractivity contribution in [3.8, 4) is 0 Å². The number of unbranched alkanes of at least 4 members (excludes halogenated alkanes) is 1. The van der Waals surface area contributed by atoms with Crippen LogP contribution in [0, 0.1) is 0 Å². The van der Waals surface area contributed by atoms with Crippen LogP contribution in [0.25, 0.3) is 0 Å². The predicted molar refractivity (Wildman–Crippen MR) is 87.9 cm³/mol. The van der Waals surface area contributed by atoms with Crippen LogP contribution in [0.4, 0.5) is 0 Å². The molecule has 0 radical (unpaired) electrons. The number of hydrogen-bond acceptors (Lipinski definition) is 3. The van der Waals surface area contributed by atoms with Crippen molar-refractivity contribution >= 4 is 12.3 Å². The molecule has 120 valence electrons.